The van der Waals surface area contributed by atoms with Gasteiger partial charge in [0.1, 0.15) is 5.75 Å². The predicted molar refractivity (Wildman–Crippen MR) is 74.9 cm³/mol. The van der Waals surface area contributed by atoms with Gasteiger partial charge in [-0.15, -0.1) is 12.4 Å². The Bertz CT molecular complexity index is 575. The number of halogens is 1. The van der Waals surface area contributed by atoms with Crippen molar-refractivity contribution in [2.75, 3.05) is 13.7 Å². The summed E-state index contributed by atoms with van der Waals surface area (Å²) in [6, 6.07) is 7.43. The van der Waals surface area contributed by atoms with Gasteiger partial charge < -0.3 is 19.7 Å². The highest BCUT2D eigenvalue weighted by Crippen LogP contribution is 2.29. The zero-order chi connectivity index (χ0) is 13.2. The zero-order valence-electron chi connectivity index (χ0n) is 10.9. The van der Waals surface area contributed by atoms with E-state index in [1.807, 2.05) is 24.3 Å². The normalized spacial score (nSPS) is 21.5. The van der Waals surface area contributed by atoms with Crippen molar-refractivity contribution in [3.05, 3.63) is 30.2 Å². The van der Waals surface area contributed by atoms with Gasteiger partial charge in [-0.2, -0.15) is 4.98 Å². The fourth-order valence-corrected chi connectivity index (χ4v) is 2.22. The maximum Gasteiger partial charge on any atom is 0.244 e. The number of nitrogens with zero attached hydrogens (tertiary/aromatic N) is 2. The molecule has 1 aromatic heterocycles. The average molecular weight is 298 g/mol. The van der Waals surface area contributed by atoms with Gasteiger partial charge in [0.25, 0.3) is 0 Å². The molecular formula is C13H16ClN3O3. The van der Waals surface area contributed by atoms with Gasteiger partial charge in [-0.05, 0) is 18.6 Å². The average Bonchev–Trinajstić information content (AvgIpc) is 3.07. The molecule has 7 heteroatoms. The Balaban J connectivity index is 0.00000147. The van der Waals surface area contributed by atoms with Crippen LogP contribution in [0.4, 0.5) is 0 Å². The van der Waals surface area contributed by atoms with Gasteiger partial charge in [0.15, 0.2) is 0 Å². The maximum atomic E-state index is 9.49. The summed E-state index contributed by atoms with van der Waals surface area (Å²) >= 11 is 0. The second-order valence-electron chi connectivity index (χ2n) is 4.51. The van der Waals surface area contributed by atoms with Crippen molar-refractivity contribution in [3.8, 4) is 17.1 Å². The van der Waals surface area contributed by atoms with Crippen LogP contribution in [0.2, 0.25) is 0 Å². The van der Waals surface area contributed by atoms with Crippen molar-refractivity contribution in [1.82, 2.24) is 15.5 Å². The lowest BCUT2D eigenvalue weighted by molar-refractivity contribution is 0.191. The Hall–Kier alpha value is -1.63. The molecule has 1 aromatic carbocycles. The number of hydrogen-bond donors (Lipinski definition) is 2. The minimum absolute atomic E-state index is 0. The van der Waals surface area contributed by atoms with Gasteiger partial charge in [-0.1, -0.05) is 17.3 Å². The third-order valence-electron chi connectivity index (χ3n) is 3.20. The number of β-amino-alcohol motifs (C(OH)–C–C–N with tert-alkyl or cyclic N) is 1. The molecule has 2 N–H and O–H groups in total. The number of ether oxygens (including phenoxy) is 1. The van der Waals surface area contributed by atoms with Gasteiger partial charge in [-0.25, -0.2) is 0 Å². The summed E-state index contributed by atoms with van der Waals surface area (Å²) in [5, 5.41) is 16.6. The fourth-order valence-electron chi connectivity index (χ4n) is 2.22. The number of benzene rings is 1. The SMILES string of the molecule is COc1ccccc1-c1noc([C@H]2C[C@@H](O)CN2)n1.Cl. The fraction of sp³-hybridized carbons (Fsp3) is 0.385. The van der Waals surface area contributed by atoms with E-state index >= 15 is 0 Å². The molecule has 3 rings (SSSR count). The summed E-state index contributed by atoms with van der Waals surface area (Å²) in [6.07, 6.45) is 0.236. The van der Waals surface area contributed by atoms with Crippen molar-refractivity contribution in [3.63, 3.8) is 0 Å². The van der Waals surface area contributed by atoms with Crippen LogP contribution in [0, 0.1) is 0 Å². The maximum absolute atomic E-state index is 9.49. The number of aliphatic hydroxyl groups is 1. The lowest BCUT2D eigenvalue weighted by Gasteiger charge is -2.03. The number of aliphatic hydroxyl groups excluding tert-OH is 1. The van der Waals surface area contributed by atoms with Crippen LogP contribution in [0.3, 0.4) is 0 Å². The Morgan fingerprint density at radius 2 is 2.20 bits per heavy atom. The van der Waals surface area contributed by atoms with E-state index in [-0.39, 0.29) is 24.6 Å². The smallest absolute Gasteiger partial charge is 0.244 e. The van der Waals surface area contributed by atoms with Crippen LogP contribution in [0.15, 0.2) is 28.8 Å². The van der Waals surface area contributed by atoms with Gasteiger partial charge in [-0.3, -0.25) is 0 Å². The lowest BCUT2D eigenvalue weighted by Crippen LogP contribution is -2.15. The summed E-state index contributed by atoms with van der Waals surface area (Å²) in [4.78, 5) is 4.37. The molecule has 0 saturated carbocycles. The monoisotopic (exact) mass is 297 g/mol. The van der Waals surface area contributed by atoms with Crippen LogP contribution in [0.5, 0.6) is 5.75 Å². The quantitative estimate of drug-likeness (QED) is 0.895. The van der Waals surface area contributed by atoms with E-state index in [2.05, 4.69) is 15.5 Å². The molecule has 20 heavy (non-hydrogen) atoms. The topological polar surface area (TPSA) is 80.4 Å². The first-order chi connectivity index (χ1) is 9.28. The second-order valence-corrected chi connectivity index (χ2v) is 4.51. The Morgan fingerprint density at radius 3 is 2.90 bits per heavy atom. The van der Waals surface area contributed by atoms with Gasteiger partial charge >= 0.3 is 0 Å². The van der Waals surface area contributed by atoms with Crippen LogP contribution in [0.1, 0.15) is 18.4 Å². The van der Waals surface area contributed by atoms with E-state index < -0.39 is 0 Å². The molecule has 0 aliphatic carbocycles. The van der Waals surface area contributed by atoms with Crippen LogP contribution in [0.25, 0.3) is 11.4 Å². The molecule has 0 radical (unpaired) electrons. The van der Waals surface area contributed by atoms with E-state index in [1.54, 1.807) is 7.11 Å². The first-order valence-electron chi connectivity index (χ1n) is 6.16. The van der Waals surface area contributed by atoms with Gasteiger partial charge in [0, 0.05) is 6.54 Å². The Morgan fingerprint density at radius 1 is 1.40 bits per heavy atom. The number of nitrogens with one attached hydrogen (secondary N) is 1. The Kier molecular flexibility index (Phi) is 4.59. The summed E-state index contributed by atoms with van der Waals surface area (Å²) in [7, 11) is 1.61. The van der Waals surface area contributed by atoms with E-state index in [1.165, 1.54) is 0 Å². The van der Waals surface area contributed by atoms with Crippen LogP contribution in [-0.2, 0) is 0 Å². The first kappa shape index (κ1) is 14.8. The molecule has 2 atom stereocenters. The number of aromatic nitrogens is 2. The minimum Gasteiger partial charge on any atom is -0.496 e. The molecule has 1 saturated heterocycles. The third-order valence-corrected chi connectivity index (χ3v) is 3.20. The van der Waals surface area contributed by atoms with Crippen molar-refractivity contribution in [2.24, 2.45) is 0 Å². The molecule has 1 aliphatic heterocycles. The second kappa shape index (κ2) is 6.21. The Labute approximate surface area is 122 Å². The first-order valence-corrected chi connectivity index (χ1v) is 6.16. The predicted octanol–water partition coefficient (Wildman–Crippen LogP) is 1.56. The van der Waals surface area contributed by atoms with Crippen LogP contribution < -0.4 is 10.1 Å². The van der Waals surface area contributed by atoms with Crippen molar-refractivity contribution in [2.45, 2.75) is 18.6 Å². The summed E-state index contributed by atoms with van der Waals surface area (Å²) in [5.41, 5.74) is 0.790. The van der Waals surface area contributed by atoms with E-state index in [9.17, 15) is 5.11 Å². The number of hydrogen-bond acceptors (Lipinski definition) is 6. The van der Waals surface area contributed by atoms with Crippen LogP contribution >= 0.6 is 12.4 Å². The summed E-state index contributed by atoms with van der Waals surface area (Å²) in [6.45, 7) is 0.553. The van der Waals surface area contributed by atoms with Gasteiger partial charge in [0.2, 0.25) is 11.7 Å². The standard InChI is InChI=1S/C13H15N3O3.ClH/c1-18-11-5-3-2-4-9(11)12-15-13(19-16-12)10-6-8(17)7-14-10;/h2-5,8,10,14,17H,6-7H2,1H3;1H/t8-,10-;/m1./s1. The number of para-hydroxylation sites is 1. The molecule has 0 bridgehead atoms. The molecule has 108 valence electrons. The molecule has 1 fully saturated rings. The highest BCUT2D eigenvalue weighted by atomic mass is 35.5. The highest BCUT2D eigenvalue weighted by molar-refractivity contribution is 5.85. The highest BCUT2D eigenvalue weighted by Gasteiger charge is 2.28. The van der Waals surface area contributed by atoms with Crippen molar-refractivity contribution < 1.29 is 14.4 Å². The van der Waals surface area contributed by atoms with Crippen LogP contribution in [-0.4, -0.2) is 35.0 Å². The van der Waals surface area contributed by atoms with Crippen molar-refractivity contribution >= 4 is 12.4 Å². The third kappa shape index (κ3) is 2.77. The molecular weight excluding hydrogens is 282 g/mol. The molecule has 2 aromatic rings. The molecule has 0 unspecified atom stereocenters. The van der Waals surface area contributed by atoms with E-state index in [4.69, 9.17) is 9.26 Å². The summed E-state index contributed by atoms with van der Waals surface area (Å²) < 4.78 is 10.5. The molecule has 6 nitrogen and oxygen atoms in total. The summed E-state index contributed by atoms with van der Waals surface area (Å²) in [5.74, 6) is 1.70. The number of methoxy groups -OCH3 is 1. The molecule has 0 amide bonds. The van der Waals surface area contributed by atoms with Crippen molar-refractivity contribution in [1.29, 1.82) is 0 Å². The molecule has 0 spiro atoms. The minimum atomic E-state index is -0.355. The largest absolute Gasteiger partial charge is 0.496 e. The van der Waals surface area contributed by atoms with Gasteiger partial charge in [0.05, 0.1) is 24.8 Å². The zero-order valence-corrected chi connectivity index (χ0v) is 11.8. The van der Waals surface area contributed by atoms with E-state index in [0.717, 1.165) is 5.56 Å². The molecule has 2 heterocycles. The lowest BCUT2D eigenvalue weighted by atomic mass is 10.2. The number of rotatable bonds is 3. The van der Waals surface area contributed by atoms with E-state index in [0.29, 0.717) is 30.4 Å². The molecule has 1 aliphatic rings.